The van der Waals surface area contributed by atoms with E-state index in [1.165, 1.54) is 36.5 Å². The van der Waals surface area contributed by atoms with Crippen LogP contribution >= 0.6 is 0 Å². The van der Waals surface area contributed by atoms with Gasteiger partial charge in [0.25, 0.3) is 0 Å². The lowest BCUT2D eigenvalue weighted by Crippen LogP contribution is -2.12. The number of hydrogen-bond donors (Lipinski definition) is 0. The van der Waals surface area contributed by atoms with Crippen molar-refractivity contribution >= 4 is 46.1 Å². The molecule has 7 aromatic carbocycles. The van der Waals surface area contributed by atoms with Gasteiger partial charge in [0.15, 0.2) is 0 Å². The number of anilines is 6. The van der Waals surface area contributed by atoms with Crippen molar-refractivity contribution in [2.45, 2.75) is 53.4 Å². The summed E-state index contributed by atoms with van der Waals surface area (Å²) in [5, 5.41) is 0. The highest BCUT2D eigenvalue weighted by atomic mass is 16.5. The predicted molar refractivity (Wildman–Crippen MR) is 246 cm³/mol. The molecule has 6 nitrogen and oxygen atoms in total. The highest BCUT2D eigenvalue weighted by molar-refractivity contribution is 5.83. The molecule has 0 bridgehead atoms. The Kier molecular flexibility index (Phi) is 12.3. The van der Waals surface area contributed by atoms with Crippen LogP contribution in [-0.4, -0.2) is 26.2 Å². The molecule has 2 unspecified atom stereocenters. The molecule has 0 spiro atoms. The van der Waals surface area contributed by atoms with E-state index in [2.05, 4.69) is 171 Å². The Morgan fingerprint density at radius 2 is 0.617 bits per heavy atom. The molecule has 0 aliphatic rings. The van der Waals surface area contributed by atoms with E-state index in [9.17, 15) is 9.59 Å². The molecule has 0 aliphatic carbocycles. The number of esters is 2. The number of aryl methyl sites for hydroxylation is 4. The Morgan fingerprint density at radius 3 is 0.883 bits per heavy atom. The normalized spacial score (nSPS) is 12.0. The summed E-state index contributed by atoms with van der Waals surface area (Å²) in [4.78, 5) is 28.9. The second kappa shape index (κ2) is 17.9. The Morgan fingerprint density at radius 1 is 0.367 bits per heavy atom. The quantitative estimate of drug-likeness (QED) is 0.115. The van der Waals surface area contributed by atoms with Crippen molar-refractivity contribution in [3.63, 3.8) is 0 Å². The first-order valence-corrected chi connectivity index (χ1v) is 20.4. The third kappa shape index (κ3) is 8.74. The molecule has 0 aromatic heterocycles. The SMILES string of the molecule is COC(=O)C(C)c1ccc(N(c2ccc(-c3ccc(-c4ccc(N(c5ccc(C(C)C(=O)OC)cc5)c5ccc(C)c(C)c5)cc4)cc3)cc2)c2ccc(C)c(C)c2)cc1. The van der Waals surface area contributed by atoms with Crippen molar-refractivity contribution in [2.24, 2.45) is 0 Å². The molecule has 6 heteroatoms. The number of rotatable bonds is 12. The summed E-state index contributed by atoms with van der Waals surface area (Å²) in [7, 11) is 2.85. The van der Waals surface area contributed by atoms with Crippen LogP contribution in [0.4, 0.5) is 34.1 Å². The lowest BCUT2D eigenvalue weighted by Gasteiger charge is -2.27. The average Bonchev–Trinajstić information content (AvgIpc) is 3.29. The first-order valence-electron chi connectivity index (χ1n) is 20.4. The first-order chi connectivity index (χ1) is 28.9. The fourth-order valence-electron chi connectivity index (χ4n) is 7.53. The molecule has 7 rings (SSSR count). The maximum absolute atomic E-state index is 12.2. The molecule has 60 heavy (non-hydrogen) atoms. The number of ether oxygens (including phenoxy) is 2. The van der Waals surface area contributed by atoms with Crippen LogP contribution in [0.25, 0.3) is 22.3 Å². The molecule has 0 saturated heterocycles. The second-order valence-electron chi connectivity index (χ2n) is 15.6. The predicted octanol–water partition coefficient (Wildman–Crippen LogP) is 13.7. The summed E-state index contributed by atoms with van der Waals surface area (Å²) in [6.07, 6.45) is 0. The summed E-state index contributed by atoms with van der Waals surface area (Å²) >= 11 is 0. The van der Waals surface area contributed by atoms with Crippen LogP contribution in [0.2, 0.25) is 0 Å². The molecule has 0 amide bonds. The van der Waals surface area contributed by atoms with Gasteiger partial charge < -0.3 is 19.3 Å². The van der Waals surface area contributed by atoms with Gasteiger partial charge in [-0.15, -0.1) is 0 Å². The van der Waals surface area contributed by atoms with Crippen molar-refractivity contribution in [3.8, 4) is 22.3 Å². The maximum atomic E-state index is 12.2. The van der Waals surface area contributed by atoms with Gasteiger partial charge in [-0.25, -0.2) is 0 Å². The van der Waals surface area contributed by atoms with Gasteiger partial charge in [-0.3, -0.25) is 9.59 Å². The van der Waals surface area contributed by atoms with E-state index in [0.29, 0.717) is 0 Å². The van der Waals surface area contributed by atoms with Crippen LogP contribution in [-0.2, 0) is 19.1 Å². The van der Waals surface area contributed by atoms with Crippen LogP contribution in [0.3, 0.4) is 0 Å². The van der Waals surface area contributed by atoms with Crippen LogP contribution in [0.15, 0.2) is 158 Å². The maximum Gasteiger partial charge on any atom is 0.312 e. The Balaban J connectivity index is 1.13. The summed E-state index contributed by atoms with van der Waals surface area (Å²) in [6, 6.07) is 55.4. The zero-order valence-electron chi connectivity index (χ0n) is 35.7. The molecule has 2 atom stereocenters. The van der Waals surface area contributed by atoms with Crippen LogP contribution in [0.5, 0.6) is 0 Å². The molecule has 0 N–H and O–H groups in total. The molecule has 0 fully saturated rings. The minimum Gasteiger partial charge on any atom is -0.469 e. The standard InChI is InChI=1S/C54H52N2O4/c1-35-9-23-51(33-37(35)3)55(47-25-15-41(16-26-47)39(5)53(57)59-7)49-29-19-45(20-30-49)43-11-13-44(14-12-43)46-21-31-50(32-22-46)56(52-24-10-36(2)38(4)34-52)48-27-17-42(18-28-48)40(6)54(58)60-8/h9-34,39-40H,1-8H3. The van der Waals surface area contributed by atoms with Gasteiger partial charge >= 0.3 is 11.9 Å². The van der Waals surface area contributed by atoms with Gasteiger partial charge in [0.2, 0.25) is 0 Å². The van der Waals surface area contributed by atoms with Gasteiger partial charge in [-0.2, -0.15) is 0 Å². The Hall–Kier alpha value is -6.92. The number of carbonyl (C=O) groups excluding carboxylic acids is 2. The molecule has 0 saturated carbocycles. The van der Waals surface area contributed by atoms with Gasteiger partial charge in [0.1, 0.15) is 0 Å². The summed E-state index contributed by atoms with van der Waals surface area (Å²) in [6.45, 7) is 12.3. The van der Waals surface area contributed by atoms with Crippen LogP contribution < -0.4 is 9.80 Å². The fourth-order valence-corrected chi connectivity index (χ4v) is 7.53. The van der Waals surface area contributed by atoms with Crippen molar-refractivity contribution < 1.29 is 19.1 Å². The largest absolute Gasteiger partial charge is 0.469 e. The third-order valence-corrected chi connectivity index (χ3v) is 11.7. The zero-order valence-corrected chi connectivity index (χ0v) is 35.7. The van der Waals surface area contributed by atoms with Crippen molar-refractivity contribution in [3.05, 3.63) is 191 Å². The zero-order chi connectivity index (χ0) is 42.5. The van der Waals surface area contributed by atoms with E-state index in [-0.39, 0.29) is 23.8 Å². The monoisotopic (exact) mass is 792 g/mol. The van der Waals surface area contributed by atoms with E-state index in [0.717, 1.165) is 67.5 Å². The van der Waals surface area contributed by atoms with E-state index < -0.39 is 0 Å². The molecular formula is C54H52N2O4. The van der Waals surface area contributed by atoms with Gasteiger partial charge in [0, 0.05) is 34.1 Å². The minimum absolute atomic E-state index is 0.251. The number of carbonyl (C=O) groups is 2. The third-order valence-electron chi connectivity index (χ3n) is 11.7. The van der Waals surface area contributed by atoms with Gasteiger partial charge in [-0.05, 0) is 170 Å². The Labute approximate surface area is 354 Å². The van der Waals surface area contributed by atoms with Gasteiger partial charge in [0.05, 0.1) is 26.1 Å². The summed E-state index contributed by atoms with van der Waals surface area (Å²) < 4.78 is 9.97. The van der Waals surface area contributed by atoms with Crippen molar-refractivity contribution in [2.75, 3.05) is 24.0 Å². The van der Waals surface area contributed by atoms with Crippen LogP contribution in [0.1, 0.15) is 59.1 Å². The minimum atomic E-state index is -0.344. The van der Waals surface area contributed by atoms with Crippen LogP contribution in [0, 0.1) is 27.7 Å². The smallest absolute Gasteiger partial charge is 0.312 e. The highest BCUT2D eigenvalue weighted by Gasteiger charge is 2.20. The molecular weight excluding hydrogens is 741 g/mol. The Bertz CT molecular complexity index is 2410. The van der Waals surface area contributed by atoms with E-state index in [1.54, 1.807) is 0 Å². The number of benzene rings is 7. The highest BCUT2D eigenvalue weighted by Crippen LogP contribution is 2.39. The lowest BCUT2D eigenvalue weighted by molar-refractivity contribution is -0.142. The van der Waals surface area contributed by atoms with E-state index in [1.807, 2.05) is 38.1 Å². The van der Waals surface area contributed by atoms with Crippen molar-refractivity contribution in [1.29, 1.82) is 0 Å². The topological polar surface area (TPSA) is 59.1 Å². The number of methoxy groups -OCH3 is 2. The first kappa shape index (κ1) is 41.2. The van der Waals surface area contributed by atoms with E-state index >= 15 is 0 Å². The van der Waals surface area contributed by atoms with Gasteiger partial charge in [-0.1, -0.05) is 84.9 Å². The number of hydrogen-bond acceptors (Lipinski definition) is 6. The lowest BCUT2D eigenvalue weighted by atomic mass is 9.99. The molecule has 0 aliphatic heterocycles. The fraction of sp³-hybridized carbons (Fsp3) is 0.185. The molecule has 0 radical (unpaired) electrons. The van der Waals surface area contributed by atoms with Crippen molar-refractivity contribution in [1.82, 2.24) is 0 Å². The second-order valence-corrected chi connectivity index (χ2v) is 15.6. The summed E-state index contributed by atoms with van der Waals surface area (Å²) in [5.41, 5.74) is 17.5. The average molecular weight is 793 g/mol. The summed E-state index contributed by atoms with van der Waals surface area (Å²) in [5.74, 6) is -1.19. The van der Waals surface area contributed by atoms with E-state index in [4.69, 9.17) is 9.47 Å². The number of nitrogens with zero attached hydrogens (tertiary/aromatic N) is 2. The molecule has 0 heterocycles. The molecule has 302 valence electrons. The molecule has 7 aromatic rings.